The quantitative estimate of drug-likeness (QED) is 0.0874. The van der Waals surface area contributed by atoms with Gasteiger partial charge in [0.2, 0.25) is 6.79 Å². The Labute approximate surface area is 332 Å². The summed E-state index contributed by atoms with van der Waals surface area (Å²) in [6.45, 7) is 8.91. The number of hydrogen-bond acceptors (Lipinski definition) is 10. The number of benzene rings is 2. The Bertz CT molecular complexity index is 1570. The molecule has 306 valence electrons. The fourth-order valence-corrected chi connectivity index (χ4v) is 11.1. The van der Waals surface area contributed by atoms with E-state index in [0.29, 0.717) is 42.7 Å². The lowest BCUT2D eigenvalue weighted by Gasteiger charge is -2.61. The van der Waals surface area contributed by atoms with Crippen LogP contribution in [0.4, 0.5) is 4.79 Å². The minimum Gasteiger partial charge on any atom is -0.457 e. The van der Waals surface area contributed by atoms with E-state index in [2.05, 4.69) is 13.8 Å². The fraction of sp³-hybridized carbons (Fsp3) is 0.652. The second-order valence-electron chi connectivity index (χ2n) is 17.6. The highest BCUT2D eigenvalue weighted by Crippen LogP contribution is 2.67. The van der Waals surface area contributed by atoms with Crippen molar-refractivity contribution in [3.05, 3.63) is 71.8 Å². The maximum absolute atomic E-state index is 12.9. The Balaban J connectivity index is 0.882. The summed E-state index contributed by atoms with van der Waals surface area (Å²) in [5.74, 6) is 1.60. The molecule has 10 heteroatoms. The van der Waals surface area contributed by atoms with Crippen LogP contribution in [0.3, 0.4) is 0 Å². The Hall–Kier alpha value is -3.76. The van der Waals surface area contributed by atoms with Gasteiger partial charge in [0.15, 0.2) is 0 Å². The molecule has 0 aromatic heterocycles. The molecule has 0 spiro atoms. The first-order chi connectivity index (χ1) is 26.9. The van der Waals surface area contributed by atoms with Crippen LogP contribution in [-0.4, -0.2) is 56.1 Å². The van der Waals surface area contributed by atoms with Gasteiger partial charge >= 0.3 is 18.1 Å². The number of hydrogen-bond donors (Lipinski definition) is 0. The van der Waals surface area contributed by atoms with Gasteiger partial charge in [-0.15, -0.1) is 0 Å². The van der Waals surface area contributed by atoms with Crippen LogP contribution < -0.4 is 0 Å². The molecule has 4 aliphatic rings. The van der Waals surface area contributed by atoms with Crippen molar-refractivity contribution in [1.29, 1.82) is 0 Å². The molecule has 2 aromatic carbocycles. The van der Waals surface area contributed by atoms with Crippen molar-refractivity contribution < 1.29 is 47.6 Å². The zero-order valence-corrected chi connectivity index (χ0v) is 33.8. The maximum atomic E-state index is 12.9. The highest BCUT2D eigenvalue weighted by atomic mass is 16.8. The van der Waals surface area contributed by atoms with E-state index in [-0.39, 0.29) is 54.8 Å². The van der Waals surface area contributed by atoms with Crippen molar-refractivity contribution in [3.63, 3.8) is 0 Å². The van der Waals surface area contributed by atoms with Gasteiger partial charge in [-0.25, -0.2) is 4.79 Å². The van der Waals surface area contributed by atoms with Crippen LogP contribution >= 0.6 is 0 Å². The molecule has 2 unspecified atom stereocenters. The average molecular weight is 775 g/mol. The molecule has 9 atom stereocenters. The molecule has 4 aliphatic carbocycles. The van der Waals surface area contributed by atoms with Gasteiger partial charge in [0, 0.05) is 18.8 Å². The van der Waals surface area contributed by atoms with Crippen LogP contribution in [0.15, 0.2) is 60.7 Å². The Kier molecular flexibility index (Phi) is 14.3. The molecule has 4 fully saturated rings. The number of carbonyl (C=O) groups is 4. The topological polar surface area (TPSA) is 124 Å². The van der Waals surface area contributed by atoms with Crippen molar-refractivity contribution in [2.75, 3.05) is 20.0 Å². The number of fused-ring (bicyclic) bond motifs is 5. The number of carbonyl (C=O) groups excluding carboxylic acids is 4. The number of ketones is 1. The maximum Gasteiger partial charge on any atom is 0.511 e. The molecule has 2 aromatic rings. The second kappa shape index (κ2) is 19.1. The van der Waals surface area contributed by atoms with Gasteiger partial charge < -0.3 is 28.4 Å². The highest BCUT2D eigenvalue weighted by Gasteiger charge is 2.61. The molecule has 56 heavy (non-hydrogen) atoms. The van der Waals surface area contributed by atoms with E-state index in [9.17, 15) is 19.2 Å². The van der Waals surface area contributed by atoms with Crippen LogP contribution in [0.2, 0.25) is 0 Å². The summed E-state index contributed by atoms with van der Waals surface area (Å²) in [7, 11) is 0. The van der Waals surface area contributed by atoms with E-state index in [1.807, 2.05) is 60.7 Å². The molecule has 6 rings (SSSR count). The van der Waals surface area contributed by atoms with Crippen molar-refractivity contribution >= 4 is 23.9 Å². The summed E-state index contributed by atoms with van der Waals surface area (Å²) in [4.78, 5) is 50.6. The molecule has 0 aliphatic heterocycles. The summed E-state index contributed by atoms with van der Waals surface area (Å²) in [6.07, 6.45) is 7.72. The van der Waals surface area contributed by atoms with Gasteiger partial charge in [0.25, 0.3) is 0 Å². The highest BCUT2D eigenvalue weighted by molar-refractivity contribution is 5.79. The van der Waals surface area contributed by atoms with Crippen LogP contribution in [0.5, 0.6) is 0 Å². The summed E-state index contributed by atoms with van der Waals surface area (Å²) in [5.41, 5.74) is 2.38. The minimum atomic E-state index is -0.832. The molecule has 0 amide bonds. The van der Waals surface area contributed by atoms with Crippen LogP contribution in [0.1, 0.15) is 109 Å². The smallest absolute Gasteiger partial charge is 0.457 e. The van der Waals surface area contributed by atoms with Gasteiger partial charge in [0.05, 0.1) is 26.4 Å². The molecule has 0 saturated heterocycles. The zero-order chi connectivity index (χ0) is 39.7. The van der Waals surface area contributed by atoms with Crippen molar-refractivity contribution in [3.8, 4) is 0 Å². The third-order valence-corrected chi connectivity index (χ3v) is 13.9. The van der Waals surface area contributed by atoms with E-state index in [4.69, 9.17) is 28.4 Å². The predicted molar refractivity (Wildman–Crippen MR) is 209 cm³/mol. The average Bonchev–Trinajstić information content (AvgIpc) is 3.53. The first-order valence-corrected chi connectivity index (χ1v) is 20.9. The molecule has 10 nitrogen and oxygen atoms in total. The lowest BCUT2D eigenvalue weighted by atomic mass is 9.44. The Morgan fingerprint density at radius 3 is 1.96 bits per heavy atom. The SMILES string of the molecule is CC(=O)C1CC[C@H]2[C@@H]3CC[C@H]4C[C@H](OC(=O)OCOC(=O)CC(C)CC(=O)OC(COCc5ccccc5)COCc5ccccc5)CC[C@]4(C)[C@H]3CC[C@]12C. The lowest BCUT2D eigenvalue weighted by Crippen LogP contribution is -2.54. The third-order valence-electron chi connectivity index (χ3n) is 13.9. The van der Waals surface area contributed by atoms with Crippen molar-refractivity contribution in [1.82, 2.24) is 0 Å². The van der Waals surface area contributed by atoms with Gasteiger partial charge in [-0.2, -0.15) is 0 Å². The predicted octanol–water partition coefficient (Wildman–Crippen LogP) is 9.02. The number of ether oxygens (including phenoxy) is 6. The van der Waals surface area contributed by atoms with E-state index < -0.39 is 31.0 Å². The number of Topliss-reactive ketones (excluding diaryl/α,β-unsaturated/α-hetero) is 1. The summed E-state index contributed by atoms with van der Waals surface area (Å²) < 4.78 is 33.5. The summed E-state index contributed by atoms with van der Waals surface area (Å²) >= 11 is 0. The normalized spacial score (nSPS) is 29.9. The van der Waals surface area contributed by atoms with Gasteiger partial charge in [0.1, 0.15) is 18.0 Å². The van der Waals surface area contributed by atoms with Crippen LogP contribution in [0.25, 0.3) is 0 Å². The van der Waals surface area contributed by atoms with E-state index in [1.165, 1.54) is 19.3 Å². The third kappa shape index (κ3) is 10.4. The molecule has 4 saturated carbocycles. The van der Waals surface area contributed by atoms with Crippen LogP contribution in [0, 0.1) is 46.3 Å². The van der Waals surface area contributed by atoms with Gasteiger partial charge in [-0.3, -0.25) is 14.4 Å². The fourth-order valence-electron chi connectivity index (χ4n) is 11.1. The molecule has 0 bridgehead atoms. The molecule has 0 radical (unpaired) electrons. The zero-order valence-electron chi connectivity index (χ0n) is 33.8. The summed E-state index contributed by atoms with van der Waals surface area (Å²) in [5, 5.41) is 0. The first-order valence-electron chi connectivity index (χ1n) is 20.9. The number of rotatable bonds is 17. The first kappa shape index (κ1) is 41.9. The van der Waals surface area contributed by atoms with Crippen molar-refractivity contribution in [2.45, 2.75) is 124 Å². The van der Waals surface area contributed by atoms with E-state index in [0.717, 1.165) is 49.7 Å². The largest absolute Gasteiger partial charge is 0.511 e. The van der Waals surface area contributed by atoms with E-state index in [1.54, 1.807) is 13.8 Å². The molecular formula is C46H62O10. The Morgan fingerprint density at radius 2 is 1.32 bits per heavy atom. The number of esters is 2. The molecule has 0 heterocycles. The van der Waals surface area contributed by atoms with E-state index >= 15 is 0 Å². The monoisotopic (exact) mass is 774 g/mol. The Morgan fingerprint density at radius 1 is 0.714 bits per heavy atom. The summed E-state index contributed by atoms with van der Waals surface area (Å²) in [6, 6.07) is 19.5. The van der Waals surface area contributed by atoms with Gasteiger partial charge in [-0.1, -0.05) is 81.4 Å². The van der Waals surface area contributed by atoms with Crippen molar-refractivity contribution in [2.24, 2.45) is 46.3 Å². The lowest BCUT2D eigenvalue weighted by molar-refractivity contribution is -0.160. The minimum absolute atomic E-state index is 0.00581. The second-order valence-corrected chi connectivity index (χ2v) is 17.6. The van der Waals surface area contributed by atoms with Crippen LogP contribution in [-0.2, 0) is 56.0 Å². The molecular weight excluding hydrogens is 712 g/mol. The molecule has 0 N–H and O–H groups in total. The standard InChI is InChI=1S/C46H62O10/c1-31(24-43(49)55-37(28-51-26-33-11-7-5-8-12-33)29-52-27-34-13-9-6-10-14-34)23-42(48)53-30-54-44(50)56-36-19-21-45(3)35(25-36)15-16-38-40-18-17-39(32(2)47)46(40,4)22-20-41(38)45/h5-14,31,35-41H,15-30H2,1-4H3/t31?,35-,36+,38-,39?,40-,41-,45-,46+/m0/s1. The van der Waals surface area contributed by atoms with Gasteiger partial charge in [-0.05, 0) is 116 Å².